The molecule has 3 rings (SSSR count). The molecule has 0 radical (unpaired) electrons. The van der Waals surface area contributed by atoms with Gasteiger partial charge in [0.25, 0.3) is 5.91 Å². The van der Waals surface area contributed by atoms with Gasteiger partial charge in [0.15, 0.2) is 0 Å². The van der Waals surface area contributed by atoms with E-state index in [0.29, 0.717) is 11.3 Å². The number of benzene rings is 3. The molecule has 3 nitrogen and oxygen atoms in total. The lowest BCUT2D eigenvalue weighted by Crippen LogP contribution is -2.13. The molecule has 0 aliphatic rings. The molecule has 0 spiro atoms. The first-order chi connectivity index (χ1) is 11.7. The average molecular weight is 317 g/mol. The minimum absolute atomic E-state index is 0.187. The number of ether oxygens (including phenoxy) is 1. The van der Waals surface area contributed by atoms with Crippen molar-refractivity contribution in [2.24, 2.45) is 0 Å². The Kier molecular flexibility index (Phi) is 4.62. The van der Waals surface area contributed by atoms with Gasteiger partial charge in [0.2, 0.25) is 0 Å². The van der Waals surface area contributed by atoms with E-state index in [2.05, 4.69) is 11.4 Å². The van der Waals surface area contributed by atoms with Crippen LogP contribution < -0.4 is 10.1 Å². The molecule has 0 aliphatic heterocycles. The SMILES string of the molecule is COc1ccccc1C(=O)Nc1ccc(C)cc1-c1ccccc1. The molecule has 0 aromatic heterocycles. The number of para-hydroxylation sites is 1. The van der Waals surface area contributed by atoms with E-state index in [1.807, 2.05) is 61.5 Å². The number of methoxy groups -OCH3 is 1. The van der Waals surface area contributed by atoms with Crippen LogP contribution in [0.2, 0.25) is 0 Å². The Bertz CT molecular complexity index is 857. The maximum absolute atomic E-state index is 12.7. The van der Waals surface area contributed by atoms with Gasteiger partial charge < -0.3 is 10.1 Å². The summed E-state index contributed by atoms with van der Waals surface area (Å²) in [6.07, 6.45) is 0. The van der Waals surface area contributed by atoms with Crippen LogP contribution in [0, 0.1) is 6.92 Å². The lowest BCUT2D eigenvalue weighted by molar-refractivity contribution is 0.102. The highest BCUT2D eigenvalue weighted by Gasteiger charge is 2.14. The molecule has 0 aliphatic carbocycles. The monoisotopic (exact) mass is 317 g/mol. The second kappa shape index (κ2) is 7.01. The minimum atomic E-state index is -0.187. The summed E-state index contributed by atoms with van der Waals surface area (Å²) < 4.78 is 5.28. The third kappa shape index (κ3) is 3.30. The van der Waals surface area contributed by atoms with Crippen molar-refractivity contribution < 1.29 is 9.53 Å². The molecule has 1 N–H and O–H groups in total. The molecule has 0 atom stereocenters. The van der Waals surface area contributed by atoms with E-state index in [9.17, 15) is 4.79 Å². The van der Waals surface area contributed by atoms with Gasteiger partial charge in [-0.1, -0.05) is 54.1 Å². The van der Waals surface area contributed by atoms with Gasteiger partial charge >= 0.3 is 0 Å². The van der Waals surface area contributed by atoms with Gasteiger partial charge in [-0.15, -0.1) is 0 Å². The topological polar surface area (TPSA) is 38.3 Å². The number of carbonyl (C=O) groups is 1. The number of rotatable bonds is 4. The van der Waals surface area contributed by atoms with Crippen molar-refractivity contribution >= 4 is 11.6 Å². The molecule has 0 heterocycles. The van der Waals surface area contributed by atoms with Crippen molar-refractivity contribution in [2.75, 3.05) is 12.4 Å². The standard InChI is InChI=1S/C21H19NO2/c1-15-12-13-19(18(14-15)16-8-4-3-5-9-16)22-21(23)17-10-6-7-11-20(17)24-2/h3-14H,1-2H3,(H,22,23). The average Bonchev–Trinajstić information content (AvgIpc) is 2.63. The predicted molar refractivity (Wildman–Crippen MR) is 97.6 cm³/mol. The number of hydrogen-bond donors (Lipinski definition) is 1. The highest BCUT2D eigenvalue weighted by atomic mass is 16.5. The van der Waals surface area contributed by atoms with Crippen molar-refractivity contribution in [3.05, 3.63) is 83.9 Å². The normalized spacial score (nSPS) is 10.2. The molecule has 0 saturated heterocycles. The second-order valence-corrected chi connectivity index (χ2v) is 5.57. The third-order valence-corrected chi connectivity index (χ3v) is 3.86. The largest absolute Gasteiger partial charge is 0.496 e. The lowest BCUT2D eigenvalue weighted by atomic mass is 10.0. The van der Waals surface area contributed by atoms with Crippen molar-refractivity contribution in [2.45, 2.75) is 6.92 Å². The van der Waals surface area contributed by atoms with Crippen molar-refractivity contribution in [3.8, 4) is 16.9 Å². The summed E-state index contributed by atoms with van der Waals surface area (Å²) in [5.74, 6) is 0.372. The van der Waals surface area contributed by atoms with Crippen LogP contribution in [0.5, 0.6) is 5.75 Å². The minimum Gasteiger partial charge on any atom is -0.496 e. The second-order valence-electron chi connectivity index (χ2n) is 5.57. The van der Waals surface area contributed by atoms with E-state index in [1.54, 1.807) is 19.2 Å². The van der Waals surface area contributed by atoms with Crippen LogP contribution in [-0.2, 0) is 0 Å². The highest BCUT2D eigenvalue weighted by Crippen LogP contribution is 2.30. The van der Waals surface area contributed by atoms with E-state index >= 15 is 0 Å². The maximum atomic E-state index is 12.7. The van der Waals surface area contributed by atoms with Gasteiger partial charge in [-0.3, -0.25) is 4.79 Å². The molecule has 0 fully saturated rings. The first-order valence-corrected chi connectivity index (χ1v) is 7.79. The fourth-order valence-electron chi connectivity index (χ4n) is 2.65. The third-order valence-electron chi connectivity index (χ3n) is 3.86. The van der Waals surface area contributed by atoms with Crippen LogP contribution in [0.1, 0.15) is 15.9 Å². The zero-order chi connectivity index (χ0) is 16.9. The van der Waals surface area contributed by atoms with E-state index in [1.165, 1.54) is 0 Å². The van der Waals surface area contributed by atoms with Crippen LogP contribution in [0.15, 0.2) is 72.8 Å². The molecule has 120 valence electrons. The molecule has 3 aromatic carbocycles. The first kappa shape index (κ1) is 15.8. The van der Waals surface area contributed by atoms with Gasteiger partial charge in [-0.2, -0.15) is 0 Å². The molecule has 1 amide bonds. The predicted octanol–water partition coefficient (Wildman–Crippen LogP) is 4.92. The van der Waals surface area contributed by atoms with Crippen molar-refractivity contribution in [1.82, 2.24) is 0 Å². The molecule has 24 heavy (non-hydrogen) atoms. The number of carbonyl (C=O) groups excluding carboxylic acids is 1. The van der Waals surface area contributed by atoms with Crippen molar-refractivity contribution in [3.63, 3.8) is 0 Å². The van der Waals surface area contributed by atoms with E-state index in [-0.39, 0.29) is 5.91 Å². The molecular weight excluding hydrogens is 298 g/mol. The van der Waals surface area contributed by atoms with Gasteiger partial charge in [0.05, 0.1) is 12.7 Å². The van der Waals surface area contributed by atoms with Gasteiger partial charge in [-0.05, 0) is 36.8 Å². The Labute approximate surface area is 141 Å². The van der Waals surface area contributed by atoms with Crippen LogP contribution in [0.3, 0.4) is 0 Å². The summed E-state index contributed by atoms with van der Waals surface area (Å²) in [6.45, 7) is 2.04. The number of anilines is 1. The van der Waals surface area contributed by atoms with Crippen molar-refractivity contribution in [1.29, 1.82) is 0 Å². The summed E-state index contributed by atoms with van der Waals surface area (Å²) in [6, 6.07) is 23.2. The smallest absolute Gasteiger partial charge is 0.259 e. The zero-order valence-corrected chi connectivity index (χ0v) is 13.7. The Hall–Kier alpha value is -3.07. The van der Waals surface area contributed by atoms with E-state index < -0.39 is 0 Å². The lowest BCUT2D eigenvalue weighted by Gasteiger charge is -2.14. The Morgan fingerprint density at radius 3 is 2.38 bits per heavy atom. The quantitative estimate of drug-likeness (QED) is 0.741. The molecule has 3 heteroatoms. The first-order valence-electron chi connectivity index (χ1n) is 7.79. The molecule has 0 unspecified atom stereocenters. The number of aryl methyl sites for hydroxylation is 1. The highest BCUT2D eigenvalue weighted by molar-refractivity contribution is 6.08. The maximum Gasteiger partial charge on any atom is 0.259 e. The van der Waals surface area contributed by atoms with Crippen LogP contribution in [0.4, 0.5) is 5.69 Å². The van der Waals surface area contributed by atoms with E-state index in [4.69, 9.17) is 4.74 Å². The summed E-state index contributed by atoms with van der Waals surface area (Å²) in [4.78, 5) is 12.7. The van der Waals surface area contributed by atoms with Gasteiger partial charge in [0.1, 0.15) is 5.75 Å². The molecular formula is C21H19NO2. The molecule has 0 saturated carbocycles. The van der Waals surface area contributed by atoms with Gasteiger partial charge in [0, 0.05) is 11.3 Å². The van der Waals surface area contributed by atoms with E-state index in [0.717, 1.165) is 22.4 Å². The fourth-order valence-corrected chi connectivity index (χ4v) is 2.65. The Balaban J connectivity index is 1.97. The number of hydrogen-bond acceptors (Lipinski definition) is 2. The van der Waals surface area contributed by atoms with Crippen LogP contribution in [0.25, 0.3) is 11.1 Å². The Morgan fingerprint density at radius 2 is 1.62 bits per heavy atom. The summed E-state index contributed by atoms with van der Waals surface area (Å²) in [7, 11) is 1.56. The van der Waals surface area contributed by atoms with Crippen LogP contribution >= 0.6 is 0 Å². The summed E-state index contributed by atoms with van der Waals surface area (Å²) in [5, 5.41) is 3.01. The van der Waals surface area contributed by atoms with Gasteiger partial charge in [-0.25, -0.2) is 0 Å². The Morgan fingerprint density at radius 1 is 0.917 bits per heavy atom. The molecule has 0 bridgehead atoms. The summed E-state index contributed by atoms with van der Waals surface area (Å²) >= 11 is 0. The summed E-state index contributed by atoms with van der Waals surface area (Å²) in [5.41, 5.74) is 4.50. The zero-order valence-electron chi connectivity index (χ0n) is 13.7. The number of amides is 1. The van der Waals surface area contributed by atoms with Crippen LogP contribution in [-0.4, -0.2) is 13.0 Å². The fraction of sp³-hybridized carbons (Fsp3) is 0.0952. The number of nitrogens with one attached hydrogen (secondary N) is 1. The molecule has 3 aromatic rings.